The van der Waals surface area contributed by atoms with Gasteiger partial charge in [-0.05, 0) is 120 Å². The number of benzene rings is 3. The Morgan fingerprint density at radius 1 is 1.00 bits per heavy atom. The van der Waals surface area contributed by atoms with Crippen molar-refractivity contribution in [3.8, 4) is 11.5 Å². The Labute approximate surface area is 281 Å². The fraction of sp³-hybridized carbons (Fsp3) is 0.242. The van der Waals surface area contributed by atoms with E-state index in [1.807, 2.05) is 80.6 Å². The first-order chi connectivity index (χ1) is 20.7. The van der Waals surface area contributed by atoms with Gasteiger partial charge in [-0.15, -0.1) is 0 Å². The molecule has 1 atom stereocenters. The standard InChI is InChI=1S/C33H30I2N2O5S/c1-5-40-26-16-22(15-25(35)30(26)42-18-21-9-13-24(34)14-10-21)17-27-31(38)37-29(23-11-7-19(3)8-12-23)28(32(39)41-6-2)20(4)36-33(37)43-27/h7-17,29H,5-6,18H2,1-4H3/b27-17+/t29-/m1/s1. The van der Waals surface area contributed by atoms with Crippen molar-refractivity contribution in [1.82, 2.24) is 4.57 Å². The van der Waals surface area contributed by atoms with Crippen molar-refractivity contribution in [3.63, 3.8) is 0 Å². The number of ether oxygens (including phenoxy) is 3. The van der Waals surface area contributed by atoms with Crippen molar-refractivity contribution in [3.05, 3.63) is 121 Å². The van der Waals surface area contributed by atoms with Crippen molar-refractivity contribution in [2.24, 2.45) is 4.99 Å². The van der Waals surface area contributed by atoms with E-state index in [1.165, 1.54) is 11.3 Å². The van der Waals surface area contributed by atoms with Crippen LogP contribution in [-0.2, 0) is 16.1 Å². The first kappa shape index (κ1) is 31.5. The third-order valence-electron chi connectivity index (χ3n) is 6.84. The van der Waals surface area contributed by atoms with Crippen molar-refractivity contribution < 1.29 is 19.0 Å². The fourth-order valence-electron chi connectivity index (χ4n) is 4.82. The van der Waals surface area contributed by atoms with Gasteiger partial charge in [0.05, 0.1) is 38.6 Å². The summed E-state index contributed by atoms with van der Waals surface area (Å²) in [5.41, 5.74) is 4.44. The van der Waals surface area contributed by atoms with Crippen molar-refractivity contribution in [2.75, 3.05) is 13.2 Å². The van der Waals surface area contributed by atoms with Crippen LogP contribution in [0.1, 0.15) is 49.1 Å². The van der Waals surface area contributed by atoms with Crippen LogP contribution in [0.5, 0.6) is 11.5 Å². The van der Waals surface area contributed by atoms with E-state index in [0.29, 0.717) is 45.3 Å². The van der Waals surface area contributed by atoms with E-state index in [1.54, 1.807) is 18.4 Å². The zero-order valence-electron chi connectivity index (χ0n) is 24.1. The Bertz CT molecular complexity index is 1880. The maximum atomic E-state index is 14.0. The van der Waals surface area contributed by atoms with Crippen LogP contribution in [0, 0.1) is 14.1 Å². The predicted molar refractivity (Wildman–Crippen MR) is 185 cm³/mol. The molecule has 0 bridgehead atoms. The third kappa shape index (κ3) is 6.91. The number of thiazole rings is 1. The fourth-order valence-corrected chi connectivity index (χ4v) is 7.00. The molecule has 0 saturated carbocycles. The summed E-state index contributed by atoms with van der Waals surface area (Å²) in [6.07, 6.45) is 1.84. The lowest BCUT2D eigenvalue weighted by molar-refractivity contribution is -0.139. The summed E-state index contributed by atoms with van der Waals surface area (Å²) in [6, 6.07) is 19.2. The van der Waals surface area contributed by atoms with Crippen LogP contribution in [0.15, 0.2) is 81.7 Å². The van der Waals surface area contributed by atoms with Gasteiger partial charge < -0.3 is 14.2 Å². The molecule has 0 aliphatic carbocycles. The van der Waals surface area contributed by atoms with E-state index >= 15 is 0 Å². The molecule has 0 N–H and O–H groups in total. The summed E-state index contributed by atoms with van der Waals surface area (Å²) in [4.78, 5) is 32.3. The summed E-state index contributed by atoms with van der Waals surface area (Å²) in [7, 11) is 0. The molecule has 0 fully saturated rings. The highest BCUT2D eigenvalue weighted by molar-refractivity contribution is 14.1. The molecule has 0 unspecified atom stereocenters. The third-order valence-corrected chi connectivity index (χ3v) is 9.34. The topological polar surface area (TPSA) is 79.1 Å². The van der Waals surface area contributed by atoms with E-state index < -0.39 is 12.0 Å². The lowest BCUT2D eigenvalue weighted by Gasteiger charge is -2.24. The number of carbonyl (C=O) groups excluding carboxylic acids is 1. The second-order valence-corrected chi connectivity index (χ2v) is 13.3. The van der Waals surface area contributed by atoms with E-state index in [-0.39, 0.29) is 12.2 Å². The van der Waals surface area contributed by atoms with Crippen molar-refractivity contribution in [1.29, 1.82) is 0 Å². The number of rotatable bonds is 9. The summed E-state index contributed by atoms with van der Waals surface area (Å²) < 4.78 is 21.7. The zero-order valence-corrected chi connectivity index (χ0v) is 29.3. The van der Waals surface area contributed by atoms with Gasteiger partial charge in [-0.25, -0.2) is 9.79 Å². The van der Waals surface area contributed by atoms with Crippen LogP contribution in [-0.4, -0.2) is 23.8 Å². The number of aryl methyl sites for hydroxylation is 1. The average molecular weight is 820 g/mol. The molecule has 1 aromatic heterocycles. The van der Waals surface area contributed by atoms with Gasteiger partial charge in [0.2, 0.25) is 0 Å². The monoisotopic (exact) mass is 820 g/mol. The number of aromatic nitrogens is 1. The zero-order chi connectivity index (χ0) is 30.7. The van der Waals surface area contributed by atoms with Crippen LogP contribution < -0.4 is 24.4 Å². The largest absolute Gasteiger partial charge is 0.490 e. The van der Waals surface area contributed by atoms with Gasteiger partial charge in [-0.2, -0.15) is 0 Å². The molecular formula is C33H30I2N2O5S. The van der Waals surface area contributed by atoms with Crippen LogP contribution >= 0.6 is 56.5 Å². The Morgan fingerprint density at radius 3 is 2.40 bits per heavy atom. The molecular weight excluding hydrogens is 790 g/mol. The molecule has 3 aromatic carbocycles. The van der Waals surface area contributed by atoms with Gasteiger partial charge in [0.1, 0.15) is 6.61 Å². The number of allylic oxidation sites excluding steroid dienone is 1. The van der Waals surface area contributed by atoms with Gasteiger partial charge in [0.15, 0.2) is 16.3 Å². The molecule has 43 heavy (non-hydrogen) atoms. The summed E-state index contributed by atoms with van der Waals surface area (Å²) in [5, 5.41) is 0. The summed E-state index contributed by atoms with van der Waals surface area (Å²) in [5.74, 6) is 0.797. The molecule has 0 amide bonds. The Morgan fingerprint density at radius 2 is 1.72 bits per heavy atom. The highest BCUT2D eigenvalue weighted by Gasteiger charge is 2.33. The van der Waals surface area contributed by atoms with Gasteiger partial charge >= 0.3 is 5.97 Å². The molecule has 2 heterocycles. The number of carbonyl (C=O) groups is 1. The molecule has 10 heteroatoms. The smallest absolute Gasteiger partial charge is 0.338 e. The maximum absolute atomic E-state index is 14.0. The molecule has 0 saturated heterocycles. The van der Waals surface area contributed by atoms with Gasteiger partial charge in [-0.1, -0.05) is 53.3 Å². The van der Waals surface area contributed by atoms with Crippen molar-refractivity contribution >= 4 is 68.6 Å². The summed E-state index contributed by atoms with van der Waals surface area (Å²) >= 11 is 5.81. The average Bonchev–Trinajstić information content (AvgIpc) is 3.27. The summed E-state index contributed by atoms with van der Waals surface area (Å²) in [6.45, 7) is 8.58. The minimum Gasteiger partial charge on any atom is -0.490 e. The highest BCUT2D eigenvalue weighted by atomic mass is 127. The lowest BCUT2D eigenvalue weighted by Crippen LogP contribution is -2.39. The van der Waals surface area contributed by atoms with Gasteiger partial charge in [0.25, 0.3) is 5.56 Å². The molecule has 0 radical (unpaired) electrons. The second kappa shape index (κ2) is 13.8. The molecule has 7 nitrogen and oxygen atoms in total. The minimum absolute atomic E-state index is 0.226. The number of hydrogen-bond donors (Lipinski definition) is 0. The first-order valence-corrected chi connectivity index (χ1v) is 16.8. The van der Waals surface area contributed by atoms with Gasteiger partial charge in [0, 0.05) is 3.57 Å². The van der Waals surface area contributed by atoms with Crippen LogP contribution in [0.25, 0.3) is 6.08 Å². The molecule has 222 valence electrons. The Kier molecular flexibility index (Phi) is 10.1. The number of esters is 1. The minimum atomic E-state index is -0.644. The second-order valence-electron chi connectivity index (χ2n) is 9.89. The maximum Gasteiger partial charge on any atom is 0.338 e. The molecule has 1 aliphatic rings. The number of hydrogen-bond acceptors (Lipinski definition) is 7. The molecule has 4 aromatic rings. The molecule has 5 rings (SSSR count). The SMILES string of the molecule is CCOC(=O)C1=C(C)N=c2s/c(=C/c3cc(I)c(OCc4ccc(I)cc4)c(OCC)c3)c(=O)n2[C@@H]1c1ccc(C)cc1. The Balaban J connectivity index is 1.58. The lowest BCUT2D eigenvalue weighted by atomic mass is 9.95. The van der Waals surface area contributed by atoms with Crippen LogP contribution in [0.4, 0.5) is 0 Å². The van der Waals surface area contributed by atoms with E-state index in [9.17, 15) is 9.59 Å². The van der Waals surface area contributed by atoms with E-state index in [2.05, 4.69) is 50.2 Å². The van der Waals surface area contributed by atoms with Crippen LogP contribution in [0.3, 0.4) is 0 Å². The van der Waals surface area contributed by atoms with Gasteiger partial charge in [-0.3, -0.25) is 9.36 Å². The number of nitrogens with zero attached hydrogens (tertiary/aromatic N) is 2. The number of halogens is 2. The number of fused-ring (bicyclic) bond motifs is 1. The molecule has 0 spiro atoms. The van der Waals surface area contributed by atoms with E-state index in [0.717, 1.165) is 29.4 Å². The molecule has 1 aliphatic heterocycles. The normalized spacial score (nSPS) is 14.7. The Hall–Kier alpha value is -2.97. The highest BCUT2D eigenvalue weighted by Crippen LogP contribution is 2.35. The first-order valence-electron chi connectivity index (χ1n) is 13.8. The quantitative estimate of drug-likeness (QED) is 0.147. The van der Waals surface area contributed by atoms with Crippen molar-refractivity contribution in [2.45, 2.75) is 40.3 Å². The van der Waals surface area contributed by atoms with E-state index in [4.69, 9.17) is 14.2 Å². The predicted octanol–water partition coefficient (Wildman–Crippen LogP) is 6.29. The van der Waals surface area contributed by atoms with Crippen LogP contribution in [0.2, 0.25) is 0 Å².